The molecule has 2 atom stereocenters. The van der Waals surface area contributed by atoms with Gasteiger partial charge in [-0.1, -0.05) is 12.2 Å². The van der Waals surface area contributed by atoms with Gasteiger partial charge in [-0.2, -0.15) is 4.98 Å². The normalized spacial score (nSPS) is 22.4. The van der Waals surface area contributed by atoms with Crippen molar-refractivity contribution in [2.24, 2.45) is 0 Å². The third-order valence-electron chi connectivity index (χ3n) is 6.16. The number of methoxy groups -OCH3 is 2. The molecule has 0 spiro atoms. The summed E-state index contributed by atoms with van der Waals surface area (Å²) in [7, 11) is 3.15. The quantitative estimate of drug-likeness (QED) is 0.736. The van der Waals surface area contributed by atoms with Crippen LogP contribution in [0.25, 0.3) is 10.9 Å². The largest absolute Gasteiger partial charge is 0.493 e. The van der Waals surface area contributed by atoms with E-state index < -0.39 is 6.10 Å². The van der Waals surface area contributed by atoms with Gasteiger partial charge in [-0.15, -0.1) is 0 Å². The van der Waals surface area contributed by atoms with Gasteiger partial charge in [0, 0.05) is 37.6 Å². The van der Waals surface area contributed by atoms with E-state index >= 15 is 0 Å². The van der Waals surface area contributed by atoms with E-state index in [-0.39, 0.29) is 18.6 Å². The van der Waals surface area contributed by atoms with Crippen molar-refractivity contribution < 1.29 is 23.7 Å². The molecule has 10 nitrogen and oxygen atoms in total. The van der Waals surface area contributed by atoms with Crippen LogP contribution in [0.3, 0.4) is 0 Å². The molecule has 1 aromatic heterocycles. The minimum Gasteiger partial charge on any atom is -0.493 e. The number of piperazine rings is 1. The third-order valence-corrected chi connectivity index (χ3v) is 6.16. The molecule has 2 aliphatic heterocycles. The van der Waals surface area contributed by atoms with E-state index in [1.54, 1.807) is 26.4 Å². The molecule has 0 saturated carbocycles. The van der Waals surface area contributed by atoms with Gasteiger partial charge in [0.15, 0.2) is 17.6 Å². The fraction of sp³-hybridized carbons (Fsp3) is 0.435. The molecule has 33 heavy (non-hydrogen) atoms. The van der Waals surface area contributed by atoms with Gasteiger partial charge in [0.05, 0.1) is 19.7 Å². The standard InChI is InChI=1S/C23H27N5O5/c1-30-18-11-14-15(12-19(18)31-2)25-23(26-21(14)24)28-9-7-27(8-10-28)22(29)20-13-32-16-5-3-4-6-17(16)33-20/h3-5,11-12,17,20H,6-10,13H2,1-2H3,(H2,24,25,26). The second kappa shape index (κ2) is 8.78. The van der Waals surface area contributed by atoms with E-state index in [1.807, 2.05) is 28.0 Å². The van der Waals surface area contributed by atoms with Gasteiger partial charge in [0.25, 0.3) is 5.91 Å². The highest BCUT2D eigenvalue weighted by molar-refractivity contribution is 5.91. The molecule has 2 saturated heterocycles. The highest BCUT2D eigenvalue weighted by Crippen LogP contribution is 2.34. The second-order valence-electron chi connectivity index (χ2n) is 8.10. The molecule has 1 aliphatic carbocycles. The molecule has 10 heteroatoms. The first-order valence-corrected chi connectivity index (χ1v) is 11.0. The number of carbonyl (C=O) groups excluding carboxylic acids is 1. The molecule has 5 rings (SSSR count). The minimum absolute atomic E-state index is 0.0426. The molecule has 1 amide bonds. The van der Waals surface area contributed by atoms with Crippen LogP contribution in [0.1, 0.15) is 6.42 Å². The van der Waals surface area contributed by atoms with Crippen LogP contribution in [-0.2, 0) is 14.3 Å². The number of carbonyl (C=O) groups is 1. The minimum atomic E-state index is -0.583. The Balaban J connectivity index is 1.26. The zero-order valence-corrected chi connectivity index (χ0v) is 18.7. The number of nitrogen functional groups attached to an aromatic ring is 1. The van der Waals surface area contributed by atoms with Crippen molar-refractivity contribution in [2.75, 3.05) is 57.6 Å². The van der Waals surface area contributed by atoms with Crippen LogP contribution in [0.15, 0.2) is 36.1 Å². The molecule has 2 unspecified atom stereocenters. The molecular weight excluding hydrogens is 426 g/mol. The van der Waals surface area contributed by atoms with E-state index in [9.17, 15) is 4.79 Å². The number of rotatable bonds is 4. The highest BCUT2D eigenvalue weighted by Gasteiger charge is 2.36. The first kappa shape index (κ1) is 21.3. The molecule has 0 radical (unpaired) electrons. The Hall–Kier alpha value is -3.53. The van der Waals surface area contributed by atoms with Crippen LogP contribution < -0.4 is 20.1 Å². The zero-order chi connectivity index (χ0) is 22.9. The van der Waals surface area contributed by atoms with Crippen LogP contribution in [-0.4, -0.2) is 80.0 Å². The van der Waals surface area contributed by atoms with Crippen molar-refractivity contribution in [1.82, 2.24) is 14.9 Å². The van der Waals surface area contributed by atoms with Gasteiger partial charge in [0.1, 0.15) is 24.3 Å². The average Bonchev–Trinajstić information content (AvgIpc) is 2.87. The Kier molecular flexibility index (Phi) is 5.67. The van der Waals surface area contributed by atoms with E-state index in [0.29, 0.717) is 60.3 Å². The van der Waals surface area contributed by atoms with Gasteiger partial charge in [0.2, 0.25) is 5.95 Å². The molecule has 2 N–H and O–H groups in total. The van der Waals surface area contributed by atoms with Crippen LogP contribution in [0.5, 0.6) is 11.5 Å². The Bertz CT molecular complexity index is 1130. The van der Waals surface area contributed by atoms with Crippen molar-refractivity contribution in [2.45, 2.75) is 18.6 Å². The van der Waals surface area contributed by atoms with E-state index in [0.717, 1.165) is 12.2 Å². The molecule has 2 fully saturated rings. The summed E-state index contributed by atoms with van der Waals surface area (Å²) in [6, 6.07) is 3.57. The van der Waals surface area contributed by atoms with Crippen LogP contribution in [0, 0.1) is 0 Å². The summed E-state index contributed by atoms with van der Waals surface area (Å²) < 4.78 is 22.5. The summed E-state index contributed by atoms with van der Waals surface area (Å²) in [5, 5.41) is 0.700. The SMILES string of the molecule is COc1cc2nc(N3CCN(C(=O)C4COC5=CC=CCC5O4)CC3)nc(N)c2cc1OC. The third kappa shape index (κ3) is 4.02. The van der Waals surface area contributed by atoms with Gasteiger partial charge in [-0.05, 0) is 18.6 Å². The van der Waals surface area contributed by atoms with E-state index in [2.05, 4.69) is 9.97 Å². The first-order chi connectivity index (χ1) is 16.1. The first-order valence-electron chi connectivity index (χ1n) is 11.0. The molecule has 174 valence electrons. The van der Waals surface area contributed by atoms with Gasteiger partial charge < -0.3 is 34.5 Å². The topological polar surface area (TPSA) is 112 Å². The Labute approximate surface area is 191 Å². The number of nitrogens with two attached hydrogens (primary N) is 1. The monoisotopic (exact) mass is 453 g/mol. The fourth-order valence-electron chi connectivity index (χ4n) is 4.33. The Morgan fingerprint density at radius 3 is 2.64 bits per heavy atom. The molecule has 2 aromatic rings. The van der Waals surface area contributed by atoms with Crippen LogP contribution >= 0.6 is 0 Å². The number of benzene rings is 1. The van der Waals surface area contributed by atoms with E-state index in [4.69, 9.17) is 24.7 Å². The maximum absolute atomic E-state index is 13.0. The van der Waals surface area contributed by atoms with Gasteiger partial charge in [-0.3, -0.25) is 4.79 Å². The lowest BCUT2D eigenvalue weighted by molar-refractivity contribution is -0.161. The smallest absolute Gasteiger partial charge is 0.255 e. The van der Waals surface area contributed by atoms with E-state index in [1.165, 1.54) is 0 Å². The average molecular weight is 453 g/mol. The highest BCUT2D eigenvalue weighted by atomic mass is 16.6. The van der Waals surface area contributed by atoms with Crippen LogP contribution in [0.2, 0.25) is 0 Å². The maximum Gasteiger partial charge on any atom is 0.255 e. The van der Waals surface area contributed by atoms with Crippen molar-refractivity contribution in [3.05, 3.63) is 36.1 Å². The number of aromatic nitrogens is 2. The number of nitrogens with zero attached hydrogens (tertiary/aromatic N) is 4. The molecule has 3 heterocycles. The number of ether oxygens (including phenoxy) is 4. The lowest BCUT2D eigenvalue weighted by Crippen LogP contribution is -2.54. The second-order valence-corrected chi connectivity index (χ2v) is 8.10. The molecule has 3 aliphatic rings. The molecular formula is C23H27N5O5. The number of amides is 1. The summed E-state index contributed by atoms with van der Waals surface area (Å²) in [4.78, 5) is 26.0. The number of hydrogen-bond donors (Lipinski definition) is 1. The van der Waals surface area contributed by atoms with Crippen molar-refractivity contribution in [3.63, 3.8) is 0 Å². The summed E-state index contributed by atoms with van der Waals surface area (Å²) in [5.74, 6) is 2.80. The summed E-state index contributed by atoms with van der Waals surface area (Å²) in [5.41, 5.74) is 6.90. The lowest BCUT2D eigenvalue weighted by Gasteiger charge is -2.39. The number of fused-ring (bicyclic) bond motifs is 2. The van der Waals surface area contributed by atoms with Crippen molar-refractivity contribution in [1.29, 1.82) is 0 Å². The van der Waals surface area contributed by atoms with Crippen LogP contribution in [0.4, 0.5) is 11.8 Å². The van der Waals surface area contributed by atoms with Crippen molar-refractivity contribution >= 4 is 28.6 Å². The zero-order valence-electron chi connectivity index (χ0n) is 18.7. The number of allylic oxidation sites excluding steroid dienone is 2. The summed E-state index contributed by atoms with van der Waals surface area (Å²) in [6.45, 7) is 2.51. The lowest BCUT2D eigenvalue weighted by atomic mass is 10.1. The Morgan fingerprint density at radius 2 is 1.88 bits per heavy atom. The summed E-state index contributed by atoms with van der Waals surface area (Å²) >= 11 is 0. The fourth-order valence-corrected chi connectivity index (χ4v) is 4.33. The Morgan fingerprint density at radius 1 is 1.12 bits per heavy atom. The predicted octanol–water partition coefficient (Wildman–Crippen LogP) is 1.51. The molecule has 0 bridgehead atoms. The molecule has 1 aromatic carbocycles. The number of hydrogen-bond acceptors (Lipinski definition) is 9. The summed E-state index contributed by atoms with van der Waals surface area (Å²) in [6.07, 6.45) is 5.83. The predicted molar refractivity (Wildman–Crippen MR) is 122 cm³/mol. The van der Waals surface area contributed by atoms with Gasteiger partial charge in [-0.25, -0.2) is 4.98 Å². The maximum atomic E-state index is 13.0. The number of anilines is 2. The van der Waals surface area contributed by atoms with Crippen molar-refractivity contribution in [3.8, 4) is 11.5 Å². The van der Waals surface area contributed by atoms with Gasteiger partial charge >= 0.3 is 0 Å².